The summed E-state index contributed by atoms with van der Waals surface area (Å²) in [4.78, 5) is 14.4. The molecule has 0 radical (unpaired) electrons. The lowest BCUT2D eigenvalue weighted by atomic mass is 10.1. The molecule has 4 nitrogen and oxygen atoms in total. The van der Waals surface area contributed by atoms with Gasteiger partial charge in [0.25, 0.3) is 0 Å². The molecule has 1 aliphatic heterocycles. The quantitative estimate of drug-likeness (QED) is 0.814. The number of anilines is 2. The van der Waals surface area contributed by atoms with Crippen LogP contribution in [-0.2, 0) is 15.7 Å². The zero-order valence-corrected chi connectivity index (χ0v) is 14.5. The van der Waals surface area contributed by atoms with Gasteiger partial charge < -0.3 is 15.0 Å². The molecule has 2 aromatic carbocycles. The van der Waals surface area contributed by atoms with E-state index in [-0.39, 0.29) is 0 Å². The van der Waals surface area contributed by atoms with Gasteiger partial charge in [0.15, 0.2) is 0 Å². The largest absolute Gasteiger partial charge is 0.416 e. The number of carbonyl (C=O) groups is 1. The summed E-state index contributed by atoms with van der Waals surface area (Å²) in [6.07, 6.45) is -1.82. The van der Waals surface area contributed by atoms with Crippen LogP contribution in [0.25, 0.3) is 6.08 Å². The zero-order valence-electron chi connectivity index (χ0n) is 14.5. The smallest absolute Gasteiger partial charge is 0.378 e. The number of halogens is 3. The first-order chi connectivity index (χ1) is 12.9. The highest BCUT2D eigenvalue weighted by Crippen LogP contribution is 2.30. The molecule has 0 saturated carbocycles. The summed E-state index contributed by atoms with van der Waals surface area (Å²) < 4.78 is 43.6. The minimum absolute atomic E-state index is 0.307. The Bertz CT molecular complexity index is 828. The number of amides is 1. The number of ether oxygens (including phenoxy) is 1. The van der Waals surface area contributed by atoms with Crippen molar-refractivity contribution in [3.63, 3.8) is 0 Å². The molecule has 1 fully saturated rings. The van der Waals surface area contributed by atoms with Crippen LogP contribution >= 0.6 is 0 Å². The van der Waals surface area contributed by atoms with E-state index in [0.717, 1.165) is 30.9 Å². The molecule has 27 heavy (non-hydrogen) atoms. The van der Waals surface area contributed by atoms with Crippen LogP contribution in [0.3, 0.4) is 0 Å². The fraction of sp³-hybridized carbons (Fsp3) is 0.250. The molecule has 0 aromatic heterocycles. The fourth-order valence-corrected chi connectivity index (χ4v) is 2.82. The number of nitrogens with zero attached hydrogens (tertiary/aromatic N) is 1. The number of alkyl halides is 3. The Hall–Kier alpha value is -2.80. The lowest BCUT2D eigenvalue weighted by Crippen LogP contribution is -2.36. The van der Waals surface area contributed by atoms with Crippen LogP contribution in [0.4, 0.5) is 24.5 Å². The van der Waals surface area contributed by atoms with Gasteiger partial charge in [0.2, 0.25) is 5.91 Å². The van der Waals surface area contributed by atoms with Crippen molar-refractivity contribution in [2.75, 3.05) is 36.5 Å². The summed E-state index contributed by atoms with van der Waals surface area (Å²) in [5.41, 5.74) is 1.10. The lowest BCUT2D eigenvalue weighted by molar-refractivity contribution is -0.137. The summed E-state index contributed by atoms with van der Waals surface area (Å²) in [6, 6.07) is 12.2. The second-order valence-corrected chi connectivity index (χ2v) is 6.06. The molecule has 1 heterocycles. The molecule has 0 spiro atoms. The second kappa shape index (κ2) is 8.26. The van der Waals surface area contributed by atoms with Crippen molar-refractivity contribution in [2.45, 2.75) is 6.18 Å². The highest BCUT2D eigenvalue weighted by atomic mass is 19.4. The van der Waals surface area contributed by atoms with Gasteiger partial charge in [-0.15, -0.1) is 0 Å². The number of hydrogen-bond acceptors (Lipinski definition) is 3. The first-order valence-corrected chi connectivity index (χ1v) is 8.51. The van der Waals surface area contributed by atoms with Crippen molar-refractivity contribution in [2.24, 2.45) is 0 Å². The van der Waals surface area contributed by atoms with E-state index in [1.807, 2.05) is 18.2 Å². The Morgan fingerprint density at radius 3 is 2.56 bits per heavy atom. The second-order valence-electron chi connectivity index (χ2n) is 6.06. The van der Waals surface area contributed by atoms with E-state index in [9.17, 15) is 18.0 Å². The van der Waals surface area contributed by atoms with Crippen molar-refractivity contribution in [3.05, 3.63) is 65.7 Å². The summed E-state index contributed by atoms with van der Waals surface area (Å²) in [7, 11) is 0. The van der Waals surface area contributed by atoms with Gasteiger partial charge in [0.1, 0.15) is 0 Å². The number of para-hydroxylation sites is 2. The number of morpholine rings is 1. The molecular weight excluding hydrogens is 357 g/mol. The predicted molar refractivity (Wildman–Crippen MR) is 98.6 cm³/mol. The SMILES string of the molecule is O=C(C=Cc1cccc(C(F)(F)F)c1)Nc1ccccc1N1CCOCC1. The maximum absolute atomic E-state index is 12.8. The third-order valence-corrected chi connectivity index (χ3v) is 4.15. The van der Waals surface area contributed by atoms with Crippen molar-refractivity contribution in [3.8, 4) is 0 Å². The molecule has 2 aromatic rings. The molecule has 1 saturated heterocycles. The normalized spacial score (nSPS) is 15.1. The number of nitrogens with one attached hydrogen (secondary N) is 1. The monoisotopic (exact) mass is 376 g/mol. The third-order valence-electron chi connectivity index (χ3n) is 4.15. The highest BCUT2D eigenvalue weighted by Gasteiger charge is 2.30. The fourth-order valence-electron chi connectivity index (χ4n) is 2.82. The Morgan fingerprint density at radius 1 is 1.07 bits per heavy atom. The molecule has 1 amide bonds. The topological polar surface area (TPSA) is 41.6 Å². The first kappa shape index (κ1) is 19.0. The molecule has 0 aliphatic carbocycles. The summed E-state index contributed by atoms with van der Waals surface area (Å²) in [5.74, 6) is -0.409. The number of rotatable bonds is 4. The average molecular weight is 376 g/mol. The number of benzene rings is 2. The van der Waals surface area contributed by atoms with Crippen LogP contribution < -0.4 is 10.2 Å². The van der Waals surface area contributed by atoms with E-state index >= 15 is 0 Å². The maximum Gasteiger partial charge on any atom is 0.416 e. The summed E-state index contributed by atoms with van der Waals surface area (Å²) in [5, 5.41) is 2.79. The molecule has 0 atom stereocenters. The van der Waals surface area contributed by atoms with Gasteiger partial charge in [0.05, 0.1) is 30.2 Å². The van der Waals surface area contributed by atoms with E-state index in [0.29, 0.717) is 24.5 Å². The minimum Gasteiger partial charge on any atom is -0.378 e. The van der Waals surface area contributed by atoms with E-state index in [1.54, 1.807) is 6.07 Å². The van der Waals surface area contributed by atoms with Gasteiger partial charge in [0, 0.05) is 19.2 Å². The highest BCUT2D eigenvalue weighted by molar-refractivity contribution is 6.03. The zero-order chi connectivity index (χ0) is 19.3. The van der Waals surface area contributed by atoms with Crippen LogP contribution in [0.15, 0.2) is 54.6 Å². The van der Waals surface area contributed by atoms with Gasteiger partial charge in [-0.1, -0.05) is 24.3 Å². The Balaban J connectivity index is 1.70. The molecule has 0 unspecified atom stereocenters. The van der Waals surface area contributed by atoms with Gasteiger partial charge in [-0.25, -0.2) is 0 Å². The first-order valence-electron chi connectivity index (χ1n) is 8.51. The van der Waals surface area contributed by atoms with Crippen LogP contribution in [0.2, 0.25) is 0 Å². The predicted octanol–water partition coefficient (Wildman–Crippen LogP) is 4.19. The lowest BCUT2D eigenvalue weighted by Gasteiger charge is -2.30. The van der Waals surface area contributed by atoms with Crippen LogP contribution in [0.1, 0.15) is 11.1 Å². The molecule has 7 heteroatoms. The molecule has 3 rings (SSSR count). The Kier molecular flexibility index (Phi) is 5.81. The summed E-state index contributed by atoms with van der Waals surface area (Å²) >= 11 is 0. The number of hydrogen-bond donors (Lipinski definition) is 1. The Labute approximate surface area is 155 Å². The van der Waals surface area contributed by atoms with E-state index in [2.05, 4.69) is 10.2 Å². The van der Waals surface area contributed by atoms with Gasteiger partial charge in [-0.3, -0.25) is 4.79 Å². The van der Waals surface area contributed by atoms with Gasteiger partial charge in [-0.05, 0) is 35.9 Å². The summed E-state index contributed by atoms with van der Waals surface area (Å²) in [6.45, 7) is 2.70. The van der Waals surface area contributed by atoms with Crippen molar-refractivity contribution in [1.29, 1.82) is 0 Å². The standard InChI is InChI=1S/C20H19F3N2O2/c21-20(22,23)16-5-3-4-15(14-16)8-9-19(26)24-17-6-1-2-7-18(17)25-10-12-27-13-11-25/h1-9,14H,10-13H2,(H,24,26). The minimum atomic E-state index is -4.41. The van der Waals surface area contributed by atoms with Crippen LogP contribution in [-0.4, -0.2) is 32.2 Å². The van der Waals surface area contributed by atoms with Crippen molar-refractivity contribution in [1.82, 2.24) is 0 Å². The van der Waals surface area contributed by atoms with E-state index in [1.165, 1.54) is 24.3 Å². The van der Waals surface area contributed by atoms with E-state index < -0.39 is 17.6 Å². The van der Waals surface area contributed by atoms with Crippen molar-refractivity contribution < 1.29 is 22.7 Å². The molecule has 1 aliphatic rings. The van der Waals surface area contributed by atoms with E-state index in [4.69, 9.17) is 4.74 Å². The average Bonchev–Trinajstić information content (AvgIpc) is 2.67. The van der Waals surface area contributed by atoms with Crippen LogP contribution in [0, 0.1) is 0 Å². The molecular formula is C20H19F3N2O2. The Morgan fingerprint density at radius 2 is 1.81 bits per heavy atom. The van der Waals surface area contributed by atoms with Gasteiger partial charge in [-0.2, -0.15) is 13.2 Å². The number of carbonyl (C=O) groups excluding carboxylic acids is 1. The van der Waals surface area contributed by atoms with Gasteiger partial charge >= 0.3 is 6.18 Å². The maximum atomic E-state index is 12.8. The molecule has 0 bridgehead atoms. The van der Waals surface area contributed by atoms with Crippen molar-refractivity contribution >= 4 is 23.4 Å². The molecule has 142 valence electrons. The van der Waals surface area contributed by atoms with Crippen LogP contribution in [0.5, 0.6) is 0 Å². The molecule has 1 N–H and O–H groups in total. The third kappa shape index (κ3) is 5.10.